The Morgan fingerprint density at radius 1 is 1.19 bits per heavy atom. The first-order valence-electron chi connectivity index (χ1n) is 10.7. The summed E-state index contributed by atoms with van der Waals surface area (Å²) in [7, 11) is 0. The van der Waals surface area contributed by atoms with Gasteiger partial charge in [0.1, 0.15) is 11.9 Å². The topological polar surface area (TPSA) is 85.2 Å². The molecule has 0 radical (unpaired) electrons. The maximum absolute atomic E-state index is 13.0. The monoisotopic (exact) mass is 432 g/mol. The fraction of sp³-hybridized carbons (Fsp3) is 0.391. The SMILES string of the molecule is N#Cc1ccc(N2CC3CCC(C2)N3C(=O)CCNCc2cccc3ncsc23)nc1. The Balaban J connectivity index is 1.14. The van der Waals surface area contributed by atoms with Crippen LogP contribution in [-0.4, -0.2) is 52.5 Å². The summed E-state index contributed by atoms with van der Waals surface area (Å²) in [6.45, 7) is 3.03. The van der Waals surface area contributed by atoms with Crippen LogP contribution in [-0.2, 0) is 11.3 Å². The van der Waals surface area contributed by atoms with Gasteiger partial charge >= 0.3 is 0 Å². The summed E-state index contributed by atoms with van der Waals surface area (Å²) in [4.78, 5) is 26.1. The lowest BCUT2D eigenvalue weighted by molar-refractivity contribution is -0.134. The summed E-state index contributed by atoms with van der Waals surface area (Å²) in [6, 6.07) is 12.5. The summed E-state index contributed by atoms with van der Waals surface area (Å²) in [5.74, 6) is 1.13. The molecule has 2 aromatic heterocycles. The zero-order valence-corrected chi connectivity index (χ0v) is 18.0. The van der Waals surface area contributed by atoms with E-state index in [2.05, 4.69) is 37.2 Å². The van der Waals surface area contributed by atoms with Gasteiger partial charge < -0.3 is 15.1 Å². The Morgan fingerprint density at radius 3 is 2.77 bits per heavy atom. The van der Waals surface area contributed by atoms with E-state index >= 15 is 0 Å². The average Bonchev–Trinajstić information content (AvgIpc) is 3.39. The first kappa shape index (κ1) is 19.9. The predicted octanol–water partition coefficient (Wildman–Crippen LogP) is 2.92. The number of nitrogens with one attached hydrogen (secondary N) is 1. The number of pyridine rings is 1. The van der Waals surface area contributed by atoms with Gasteiger partial charge in [-0.15, -0.1) is 11.3 Å². The molecular formula is C23H24N6OS. The molecule has 0 aliphatic carbocycles. The Bertz CT molecular complexity index is 1110. The number of carbonyl (C=O) groups is 1. The van der Waals surface area contributed by atoms with E-state index in [1.165, 1.54) is 10.3 Å². The van der Waals surface area contributed by atoms with Crippen LogP contribution in [0.4, 0.5) is 5.82 Å². The van der Waals surface area contributed by atoms with Gasteiger partial charge in [0, 0.05) is 50.9 Å². The van der Waals surface area contributed by atoms with Crippen LogP contribution in [0, 0.1) is 11.3 Å². The Morgan fingerprint density at radius 2 is 2.03 bits per heavy atom. The smallest absolute Gasteiger partial charge is 0.224 e. The molecule has 7 nitrogen and oxygen atoms in total. The maximum atomic E-state index is 13.0. The van der Waals surface area contributed by atoms with Gasteiger partial charge in [-0.2, -0.15) is 5.26 Å². The van der Waals surface area contributed by atoms with Crippen molar-refractivity contribution in [2.45, 2.75) is 37.9 Å². The van der Waals surface area contributed by atoms with Gasteiger partial charge in [0.2, 0.25) is 5.91 Å². The highest BCUT2D eigenvalue weighted by atomic mass is 32.1. The number of nitrogens with zero attached hydrogens (tertiary/aromatic N) is 5. The number of thiazole rings is 1. The summed E-state index contributed by atoms with van der Waals surface area (Å²) < 4.78 is 1.21. The molecule has 2 bridgehead atoms. The standard InChI is InChI=1S/C23H24N6OS/c24-10-16-4-7-21(26-11-16)28-13-18-5-6-19(14-28)29(18)22(30)8-9-25-12-17-2-1-3-20-23(17)31-15-27-20/h1-4,7,11,15,18-19,25H,5-6,8-9,12-14H2. The highest BCUT2D eigenvalue weighted by molar-refractivity contribution is 7.16. The second-order valence-electron chi connectivity index (χ2n) is 8.15. The van der Waals surface area contributed by atoms with Crippen LogP contribution in [0.15, 0.2) is 42.0 Å². The second kappa shape index (κ2) is 8.61. The van der Waals surface area contributed by atoms with Crippen molar-refractivity contribution in [3.8, 4) is 6.07 Å². The van der Waals surface area contributed by atoms with E-state index < -0.39 is 0 Å². The lowest BCUT2D eigenvalue weighted by Crippen LogP contribution is -2.56. The van der Waals surface area contributed by atoms with Crippen LogP contribution >= 0.6 is 11.3 Å². The first-order chi connectivity index (χ1) is 15.2. The fourth-order valence-corrected chi connectivity index (χ4v) is 5.57. The molecule has 1 N–H and O–H groups in total. The largest absolute Gasteiger partial charge is 0.352 e. The zero-order valence-electron chi connectivity index (χ0n) is 17.2. The number of carbonyl (C=O) groups excluding carboxylic acids is 1. The number of anilines is 1. The van der Waals surface area contributed by atoms with E-state index in [0.29, 0.717) is 18.5 Å². The minimum Gasteiger partial charge on any atom is -0.352 e. The van der Waals surface area contributed by atoms with E-state index in [1.807, 2.05) is 23.7 Å². The molecule has 0 spiro atoms. The third-order valence-electron chi connectivity index (χ3n) is 6.24. The molecule has 1 amide bonds. The number of hydrogen-bond acceptors (Lipinski definition) is 7. The molecule has 2 aliphatic heterocycles. The Labute approximate surface area is 185 Å². The van der Waals surface area contributed by atoms with Crippen molar-refractivity contribution >= 4 is 33.3 Å². The van der Waals surface area contributed by atoms with Gasteiger partial charge in [0.05, 0.1) is 21.3 Å². The summed E-state index contributed by atoms with van der Waals surface area (Å²) in [5.41, 5.74) is 4.71. The van der Waals surface area contributed by atoms with Gasteiger partial charge in [-0.3, -0.25) is 4.79 Å². The number of nitriles is 1. The van der Waals surface area contributed by atoms with Crippen molar-refractivity contribution in [3.63, 3.8) is 0 Å². The quantitative estimate of drug-likeness (QED) is 0.603. The first-order valence-corrected chi connectivity index (χ1v) is 11.5. The minimum absolute atomic E-state index is 0.239. The molecule has 2 aliphatic rings. The van der Waals surface area contributed by atoms with E-state index in [0.717, 1.165) is 43.8 Å². The van der Waals surface area contributed by atoms with Gasteiger partial charge in [0.25, 0.3) is 0 Å². The number of rotatable bonds is 6. The van der Waals surface area contributed by atoms with Gasteiger partial charge in [0.15, 0.2) is 0 Å². The van der Waals surface area contributed by atoms with Crippen molar-refractivity contribution in [2.75, 3.05) is 24.5 Å². The van der Waals surface area contributed by atoms with Crippen LogP contribution in [0.25, 0.3) is 10.2 Å². The van der Waals surface area contributed by atoms with Crippen molar-refractivity contribution in [2.24, 2.45) is 0 Å². The second-order valence-corrected chi connectivity index (χ2v) is 9.01. The molecule has 158 valence electrons. The molecule has 3 aromatic rings. The van der Waals surface area contributed by atoms with Crippen LogP contribution in [0.2, 0.25) is 0 Å². The molecule has 8 heteroatoms. The lowest BCUT2D eigenvalue weighted by atomic mass is 10.1. The summed E-state index contributed by atoms with van der Waals surface area (Å²) >= 11 is 1.66. The number of aromatic nitrogens is 2. The van der Waals surface area contributed by atoms with E-state index in [-0.39, 0.29) is 18.0 Å². The third-order valence-corrected chi connectivity index (χ3v) is 7.16. The molecule has 31 heavy (non-hydrogen) atoms. The minimum atomic E-state index is 0.239. The molecule has 2 unspecified atom stereocenters. The summed E-state index contributed by atoms with van der Waals surface area (Å²) in [5, 5.41) is 12.4. The van der Waals surface area contributed by atoms with Crippen molar-refractivity contribution < 1.29 is 4.79 Å². The van der Waals surface area contributed by atoms with Crippen LogP contribution in [0.1, 0.15) is 30.4 Å². The molecule has 2 atom stereocenters. The molecule has 1 aromatic carbocycles. The average molecular weight is 433 g/mol. The molecular weight excluding hydrogens is 408 g/mol. The number of fused-ring (bicyclic) bond motifs is 3. The maximum Gasteiger partial charge on any atom is 0.224 e. The summed E-state index contributed by atoms with van der Waals surface area (Å²) in [6.07, 6.45) is 4.22. The Kier molecular flexibility index (Phi) is 5.53. The van der Waals surface area contributed by atoms with E-state index in [1.54, 1.807) is 23.6 Å². The Hall–Kier alpha value is -3.02. The molecule has 5 rings (SSSR count). The van der Waals surface area contributed by atoms with E-state index in [4.69, 9.17) is 5.26 Å². The van der Waals surface area contributed by atoms with Gasteiger partial charge in [-0.05, 0) is 36.6 Å². The predicted molar refractivity (Wildman–Crippen MR) is 121 cm³/mol. The number of amides is 1. The molecule has 2 saturated heterocycles. The van der Waals surface area contributed by atoms with Crippen LogP contribution in [0.3, 0.4) is 0 Å². The third kappa shape index (κ3) is 3.99. The normalized spacial score (nSPS) is 20.2. The zero-order chi connectivity index (χ0) is 21.2. The van der Waals surface area contributed by atoms with Crippen molar-refractivity contribution in [3.05, 3.63) is 53.2 Å². The molecule has 4 heterocycles. The fourth-order valence-electron chi connectivity index (χ4n) is 4.77. The highest BCUT2D eigenvalue weighted by Gasteiger charge is 2.42. The van der Waals surface area contributed by atoms with Crippen LogP contribution < -0.4 is 10.2 Å². The van der Waals surface area contributed by atoms with Gasteiger partial charge in [-0.25, -0.2) is 9.97 Å². The lowest BCUT2D eigenvalue weighted by Gasteiger charge is -2.41. The van der Waals surface area contributed by atoms with Crippen molar-refractivity contribution in [1.82, 2.24) is 20.2 Å². The van der Waals surface area contributed by atoms with E-state index in [9.17, 15) is 4.79 Å². The molecule has 0 saturated carbocycles. The van der Waals surface area contributed by atoms with Crippen LogP contribution in [0.5, 0.6) is 0 Å². The molecule has 2 fully saturated rings. The number of hydrogen-bond donors (Lipinski definition) is 1. The number of piperazine rings is 1. The van der Waals surface area contributed by atoms with Gasteiger partial charge in [-0.1, -0.05) is 12.1 Å². The highest BCUT2D eigenvalue weighted by Crippen LogP contribution is 2.32. The number of benzene rings is 1. The van der Waals surface area contributed by atoms with Crippen molar-refractivity contribution in [1.29, 1.82) is 5.26 Å².